The second-order valence-corrected chi connectivity index (χ2v) is 4.36. The summed E-state index contributed by atoms with van der Waals surface area (Å²) in [6.45, 7) is 6.16. The zero-order valence-corrected chi connectivity index (χ0v) is 12.2. The Labute approximate surface area is 114 Å². The number of rotatable bonds is 3. The van der Waals surface area contributed by atoms with E-state index in [0.717, 1.165) is 25.9 Å². The van der Waals surface area contributed by atoms with Crippen LogP contribution in [0.15, 0.2) is 6.07 Å². The fourth-order valence-electron chi connectivity index (χ4n) is 2.29. The van der Waals surface area contributed by atoms with Gasteiger partial charge in [-0.15, -0.1) is 0 Å². The summed E-state index contributed by atoms with van der Waals surface area (Å²) in [6.07, 6.45) is 4.58. The van der Waals surface area contributed by atoms with Crippen LogP contribution in [0.3, 0.4) is 0 Å². The van der Waals surface area contributed by atoms with E-state index in [9.17, 15) is 0 Å². The predicted octanol–water partition coefficient (Wildman–Crippen LogP) is 0.675. The van der Waals surface area contributed by atoms with Crippen molar-refractivity contribution in [3.63, 3.8) is 0 Å². The minimum atomic E-state index is -0.500. The summed E-state index contributed by atoms with van der Waals surface area (Å²) in [5.41, 5.74) is 2.64. The SMILES string of the molecule is CCc1cc(CC)n(C2CCNCC2)n1.O=C[O-].[NH4+]. The summed E-state index contributed by atoms with van der Waals surface area (Å²) in [6, 6.07) is 2.89. The van der Waals surface area contributed by atoms with Gasteiger partial charge >= 0.3 is 0 Å². The van der Waals surface area contributed by atoms with Crippen molar-refractivity contribution in [3.8, 4) is 0 Å². The fourth-order valence-corrected chi connectivity index (χ4v) is 2.29. The molecule has 0 unspecified atom stereocenters. The number of piperidine rings is 1. The molecule has 1 aromatic rings. The van der Waals surface area contributed by atoms with Gasteiger partial charge < -0.3 is 21.4 Å². The molecule has 0 spiro atoms. The van der Waals surface area contributed by atoms with E-state index in [4.69, 9.17) is 15.0 Å². The standard InChI is InChI=1S/C12H21N3.CH2O2.H3N/c1-3-10-9-11(4-2)15(14-10)12-5-7-13-8-6-12;2-1-3;/h9,12-13H,3-8H2,1-2H3;1H,(H,2,3);1H3. The quantitative estimate of drug-likeness (QED) is 0.787. The zero-order valence-electron chi connectivity index (χ0n) is 12.2. The molecule has 6 heteroatoms. The highest BCUT2D eigenvalue weighted by Gasteiger charge is 2.18. The van der Waals surface area contributed by atoms with Crippen LogP contribution in [0.5, 0.6) is 0 Å². The molecule has 1 aromatic heterocycles. The van der Waals surface area contributed by atoms with Gasteiger partial charge in [0.05, 0.1) is 11.7 Å². The maximum absolute atomic E-state index is 8.25. The Bertz CT molecular complexity index is 360. The largest absolute Gasteiger partial charge is 0.554 e. The predicted molar refractivity (Wildman–Crippen MR) is 74.2 cm³/mol. The minimum Gasteiger partial charge on any atom is -0.554 e. The topological polar surface area (TPSA) is 106 Å². The molecule has 0 atom stereocenters. The molecule has 19 heavy (non-hydrogen) atoms. The van der Waals surface area contributed by atoms with Crippen molar-refractivity contribution in [2.75, 3.05) is 13.1 Å². The third kappa shape index (κ3) is 5.00. The molecule has 0 bridgehead atoms. The number of aryl methyl sites for hydroxylation is 2. The Morgan fingerprint density at radius 1 is 1.42 bits per heavy atom. The number of nitrogens with zero attached hydrogens (tertiary/aromatic N) is 2. The second-order valence-electron chi connectivity index (χ2n) is 4.36. The normalized spacial score (nSPS) is 15.1. The average molecular weight is 270 g/mol. The molecule has 1 aliphatic rings. The van der Waals surface area contributed by atoms with Crippen LogP contribution in [0.25, 0.3) is 0 Å². The van der Waals surface area contributed by atoms with E-state index in [1.54, 1.807) is 0 Å². The van der Waals surface area contributed by atoms with Crippen molar-refractivity contribution in [3.05, 3.63) is 17.5 Å². The molecular weight excluding hydrogens is 244 g/mol. The van der Waals surface area contributed by atoms with E-state index >= 15 is 0 Å². The first kappa shape index (κ1) is 17.6. The third-order valence-electron chi connectivity index (χ3n) is 3.24. The Hall–Kier alpha value is -1.40. The number of carbonyl (C=O) groups is 1. The Kier molecular flexibility index (Phi) is 8.82. The summed E-state index contributed by atoms with van der Waals surface area (Å²) in [5, 5.41) is 16.4. The van der Waals surface area contributed by atoms with E-state index in [1.807, 2.05) is 0 Å². The Morgan fingerprint density at radius 2 is 2.00 bits per heavy atom. The molecule has 0 aromatic carbocycles. The van der Waals surface area contributed by atoms with Crippen LogP contribution >= 0.6 is 0 Å². The van der Waals surface area contributed by atoms with Crippen LogP contribution in [0.1, 0.15) is 44.1 Å². The lowest BCUT2D eigenvalue weighted by Gasteiger charge is -2.24. The molecule has 6 nitrogen and oxygen atoms in total. The molecule has 1 saturated heterocycles. The van der Waals surface area contributed by atoms with Crippen LogP contribution < -0.4 is 16.6 Å². The molecular formula is C13H26N4O2. The van der Waals surface area contributed by atoms with Crippen LogP contribution in [-0.2, 0) is 17.6 Å². The lowest BCUT2D eigenvalue weighted by Crippen LogP contribution is -2.30. The second kappa shape index (κ2) is 9.52. The van der Waals surface area contributed by atoms with E-state index < -0.39 is 6.47 Å². The number of carboxylic acid groups (broad SMARTS) is 1. The lowest BCUT2D eigenvalue weighted by molar-refractivity contribution is -0.283. The highest BCUT2D eigenvalue weighted by Crippen LogP contribution is 2.21. The van der Waals surface area contributed by atoms with Crippen LogP contribution in [0.4, 0.5) is 0 Å². The molecule has 2 heterocycles. The molecule has 1 aliphatic heterocycles. The zero-order chi connectivity index (χ0) is 13.4. The van der Waals surface area contributed by atoms with Gasteiger partial charge in [-0.2, -0.15) is 5.10 Å². The first-order valence-electron chi connectivity index (χ1n) is 6.60. The summed E-state index contributed by atoms with van der Waals surface area (Å²) in [5.74, 6) is 0. The number of aromatic nitrogens is 2. The van der Waals surface area contributed by atoms with Gasteiger partial charge in [-0.1, -0.05) is 13.8 Å². The maximum atomic E-state index is 8.25. The van der Waals surface area contributed by atoms with Crippen molar-refractivity contribution < 1.29 is 9.90 Å². The minimum absolute atomic E-state index is 0. The number of nitrogens with one attached hydrogen (secondary N) is 1. The fraction of sp³-hybridized carbons (Fsp3) is 0.692. The highest BCUT2D eigenvalue weighted by molar-refractivity contribution is 5.29. The van der Waals surface area contributed by atoms with Crippen molar-refractivity contribution in [1.29, 1.82) is 0 Å². The first-order chi connectivity index (χ1) is 8.76. The van der Waals surface area contributed by atoms with Gasteiger partial charge in [0.25, 0.3) is 0 Å². The number of hydrogen-bond acceptors (Lipinski definition) is 4. The molecule has 0 saturated carbocycles. The lowest BCUT2D eigenvalue weighted by atomic mass is 10.1. The van der Waals surface area contributed by atoms with Gasteiger partial charge in [0, 0.05) is 12.2 Å². The summed E-state index contributed by atoms with van der Waals surface area (Å²) in [7, 11) is 0. The van der Waals surface area contributed by atoms with Crippen molar-refractivity contribution in [1.82, 2.24) is 21.2 Å². The summed E-state index contributed by atoms with van der Waals surface area (Å²) < 4.78 is 2.28. The summed E-state index contributed by atoms with van der Waals surface area (Å²) >= 11 is 0. The van der Waals surface area contributed by atoms with Gasteiger partial charge in [0.1, 0.15) is 0 Å². The maximum Gasteiger partial charge on any atom is 0.0624 e. The van der Waals surface area contributed by atoms with Gasteiger partial charge in [0.15, 0.2) is 0 Å². The summed E-state index contributed by atoms with van der Waals surface area (Å²) in [4.78, 5) is 8.25. The van der Waals surface area contributed by atoms with Gasteiger partial charge in [-0.05, 0) is 44.8 Å². The van der Waals surface area contributed by atoms with Gasteiger partial charge in [-0.25, -0.2) is 0 Å². The third-order valence-corrected chi connectivity index (χ3v) is 3.24. The molecule has 1 fully saturated rings. The van der Waals surface area contributed by atoms with Gasteiger partial charge in [-0.3, -0.25) is 4.68 Å². The van der Waals surface area contributed by atoms with Crippen LogP contribution in [0, 0.1) is 0 Å². The molecule has 0 amide bonds. The van der Waals surface area contributed by atoms with Crippen molar-refractivity contribution >= 4 is 6.47 Å². The first-order valence-corrected chi connectivity index (χ1v) is 6.60. The monoisotopic (exact) mass is 270 g/mol. The number of hydrogen-bond donors (Lipinski definition) is 2. The number of quaternary nitrogens is 1. The average Bonchev–Trinajstić information content (AvgIpc) is 2.84. The van der Waals surface area contributed by atoms with E-state index in [1.165, 1.54) is 24.2 Å². The van der Waals surface area contributed by atoms with Gasteiger partial charge in [0.2, 0.25) is 0 Å². The molecule has 5 N–H and O–H groups in total. The molecule has 0 radical (unpaired) electrons. The Morgan fingerprint density at radius 3 is 2.47 bits per heavy atom. The van der Waals surface area contributed by atoms with E-state index in [-0.39, 0.29) is 6.15 Å². The molecule has 0 aliphatic carbocycles. The highest BCUT2D eigenvalue weighted by atomic mass is 16.3. The van der Waals surface area contributed by atoms with E-state index in [0.29, 0.717) is 6.04 Å². The van der Waals surface area contributed by atoms with Crippen LogP contribution in [-0.4, -0.2) is 29.3 Å². The molecule has 110 valence electrons. The van der Waals surface area contributed by atoms with Crippen molar-refractivity contribution in [2.24, 2.45) is 0 Å². The van der Waals surface area contributed by atoms with Crippen molar-refractivity contribution in [2.45, 2.75) is 45.6 Å². The molecule has 2 rings (SSSR count). The van der Waals surface area contributed by atoms with Crippen LogP contribution in [0.2, 0.25) is 0 Å². The van der Waals surface area contributed by atoms with E-state index in [2.05, 4.69) is 29.9 Å². The Balaban J connectivity index is 0.000000742. The number of carbonyl (C=O) groups excluding carboxylic acids is 1. The smallest absolute Gasteiger partial charge is 0.0624 e.